The first-order valence-corrected chi connectivity index (χ1v) is 10.1. The highest BCUT2D eigenvalue weighted by molar-refractivity contribution is 5.69. The van der Waals surface area contributed by atoms with Gasteiger partial charge in [0.05, 0.1) is 19.3 Å². The molecule has 0 amide bonds. The Hall–Kier alpha value is -1.39. The summed E-state index contributed by atoms with van der Waals surface area (Å²) in [6.07, 6.45) is 17.3. The molecule has 3 aliphatic rings. The van der Waals surface area contributed by atoms with Crippen LogP contribution in [0.1, 0.15) is 51.4 Å². The Balaban J connectivity index is 1.52. The van der Waals surface area contributed by atoms with Crippen LogP contribution in [0, 0.1) is 23.7 Å². The maximum Gasteiger partial charge on any atom is 0.305 e. The van der Waals surface area contributed by atoms with E-state index in [-0.39, 0.29) is 24.1 Å². The first kappa shape index (κ1) is 19.4. The number of methoxy groups -OCH3 is 1. The minimum absolute atomic E-state index is 0.133. The van der Waals surface area contributed by atoms with E-state index in [1.54, 1.807) is 0 Å². The minimum atomic E-state index is -0.365. The van der Waals surface area contributed by atoms with Gasteiger partial charge in [-0.3, -0.25) is 4.79 Å². The number of allylic oxidation sites excluding steroid dienone is 4. The summed E-state index contributed by atoms with van der Waals surface area (Å²) >= 11 is 0. The number of hydrogen-bond acceptors (Lipinski definition) is 4. The highest BCUT2D eigenvalue weighted by Crippen LogP contribution is 2.47. The molecule has 2 fully saturated rings. The molecular weight excluding hydrogens is 328 g/mol. The fourth-order valence-corrected chi connectivity index (χ4v) is 4.91. The van der Waals surface area contributed by atoms with Crippen LogP contribution >= 0.6 is 0 Å². The standard InChI is InChI=1S/C22H32O4/c1-26-22(25)9-5-2-6-15-12-17-14-21(24)18(19(17)13-15)10-11-20(23)16-7-3-4-8-16/h2,6,10-12,16-21,23-24H,3-5,7-9,13-14H2,1H3/t17-,18-,19-,20+,21+/m0/s1. The third kappa shape index (κ3) is 4.66. The first-order chi connectivity index (χ1) is 12.6. The lowest BCUT2D eigenvalue weighted by atomic mass is 9.88. The molecular formula is C22H32O4. The van der Waals surface area contributed by atoms with Crippen LogP contribution in [0.4, 0.5) is 0 Å². The van der Waals surface area contributed by atoms with Crippen molar-refractivity contribution < 1.29 is 19.7 Å². The Morgan fingerprint density at radius 2 is 2.15 bits per heavy atom. The summed E-state index contributed by atoms with van der Waals surface area (Å²) in [5.41, 5.74) is 1.30. The van der Waals surface area contributed by atoms with E-state index in [0.717, 1.165) is 25.7 Å². The Morgan fingerprint density at radius 3 is 2.88 bits per heavy atom. The molecule has 4 heteroatoms. The van der Waals surface area contributed by atoms with Gasteiger partial charge in [-0.25, -0.2) is 0 Å². The molecule has 144 valence electrons. The van der Waals surface area contributed by atoms with Gasteiger partial charge in [0.15, 0.2) is 0 Å². The van der Waals surface area contributed by atoms with Gasteiger partial charge in [-0.2, -0.15) is 0 Å². The SMILES string of the molecule is COC(=O)CCC=CC1=C[C@H]2C[C@@H](O)[C@@H](C=C[C@@H](O)C3CCCC3)[C@H]2C1. The molecule has 0 aromatic heterocycles. The van der Waals surface area contributed by atoms with E-state index in [0.29, 0.717) is 30.6 Å². The summed E-state index contributed by atoms with van der Waals surface area (Å²) in [6.45, 7) is 0. The lowest BCUT2D eigenvalue weighted by molar-refractivity contribution is -0.140. The molecule has 0 aromatic carbocycles. The van der Waals surface area contributed by atoms with Gasteiger partial charge in [0.25, 0.3) is 0 Å². The van der Waals surface area contributed by atoms with Crippen LogP contribution in [0.25, 0.3) is 0 Å². The Morgan fingerprint density at radius 1 is 1.38 bits per heavy atom. The predicted octanol–water partition coefficient (Wildman–Crippen LogP) is 3.55. The summed E-state index contributed by atoms with van der Waals surface area (Å²) in [6, 6.07) is 0. The highest BCUT2D eigenvalue weighted by atomic mass is 16.5. The van der Waals surface area contributed by atoms with Gasteiger partial charge >= 0.3 is 5.97 Å². The third-order valence-electron chi connectivity index (χ3n) is 6.39. The predicted molar refractivity (Wildman–Crippen MR) is 101 cm³/mol. The second kappa shape index (κ2) is 9.01. The van der Waals surface area contributed by atoms with E-state index in [1.165, 1.54) is 25.5 Å². The number of carbonyl (C=O) groups excluding carboxylic acids is 1. The molecule has 5 atom stereocenters. The van der Waals surface area contributed by atoms with Gasteiger partial charge < -0.3 is 14.9 Å². The summed E-state index contributed by atoms with van der Waals surface area (Å²) in [4.78, 5) is 11.1. The van der Waals surface area contributed by atoms with E-state index < -0.39 is 0 Å². The summed E-state index contributed by atoms with van der Waals surface area (Å²) < 4.78 is 4.65. The summed E-state index contributed by atoms with van der Waals surface area (Å²) in [7, 11) is 1.41. The van der Waals surface area contributed by atoms with E-state index in [2.05, 4.69) is 23.0 Å². The van der Waals surface area contributed by atoms with Crippen molar-refractivity contribution in [3.63, 3.8) is 0 Å². The van der Waals surface area contributed by atoms with Gasteiger partial charge in [0, 0.05) is 12.3 Å². The van der Waals surface area contributed by atoms with Crippen LogP contribution < -0.4 is 0 Å². The first-order valence-electron chi connectivity index (χ1n) is 10.1. The van der Waals surface area contributed by atoms with Crippen molar-refractivity contribution in [1.82, 2.24) is 0 Å². The maximum absolute atomic E-state index is 11.1. The average Bonchev–Trinajstić information content (AvgIpc) is 3.33. The largest absolute Gasteiger partial charge is 0.469 e. The molecule has 26 heavy (non-hydrogen) atoms. The van der Waals surface area contributed by atoms with E-state index in [4.69, 9.17) is 0 Å². The van der Waals surface area contributed by atoms with Gasteiger partial charge in [-0.15, -0.1) is 0 Å². The fraction of sp³-hybridized carbons (Fsp3) is 0.682. The van der Waals surface area contributed by atoms with Crippen LogP contribution in [0.15, 0.2) is 36.0 Å². The van der Waals surface area contributed by atoms with Crippen LogP contribution in [0.2, 0.25) is 0 Å². The van der Waals surface area contributed by atoms with Gasteiger partial charge in [-0.1, -0.05) is 48.8 Å². The zero-order chi connectivity index (χ0) is 18.5. The minimum Gasteiger partial charge on any atom is -0.469 e. The lowest BCUT2D eigenvalue weighted by Crippen LogP contribution is -2.19. The zero-order valence-corrected chi connectivity index (χ0v) is 15.7. The number of esters is 1. The van der Waals surface area contributed by atoms with Crippen molar-refractivity contribution >= 4 is 5.97 Å². The molecule has 0 radical (unpaired) electrons. The van der Waals surface area contributed by atoms with Crippen LogP contribution in [-0.4, -0.2) is 35.5 Å². The molecule has 0 aliphatic heterocycles. The number of carbonyl (C=O) groups is 1. The second-order valence-corrected chi connectivity index (χ2v) is 8.09. The van der Waals surface area contributed by atoms with Crippen molar-refractivity contribution in [2.24, 2.45) is 23.7 Å². The third-order valence-corrected chi connectivity index (χ3v) is 6.39. The number of rotatable bonds is 7. The smallest absolute Gasteiger partial charge is 0.305 e. The molecule has 0 bridgehead atoms. The van der Waals surface area contributed by atoms with Gasteiger partial charge in [0.1, 0.15) is 0 Å². The molecule has 3 rings (SSSR count). The number of fused-ring (bicyclic) bond motifs is 1. The highest BCUT2D eigenvalue weighted by Gasteiger charge is 2.43. The Kier molecular flexibility index (Phi) is 6.71. The number of aliphatic hydroxyl groups is 2. The molecule has 2 N–H and O–H groups in total. The maximum atomic E-state index is 11.1. The second-order valence-electron chi connectivity index (χ2n) is 8.09. The van der Waals surface area contributed by atoms with Crippen LogP contribution in [-0.2, 0) is 9.53 Å². The normalized spacial score (nSPS) is 33.1. The zero-order valence-electron chi connectivity index (χ0n) is 15.7. The molecule has 0 spiro atoms. The van der Waals surface area contributed by atoms with Crippen LogP contribution in [0.3, 0.4) is 0 Å². The van der Waals surface area contributed by atoms with Gasteiger partial charge in [0.2, 0.25) is 0 Å². The molecule has 3 aliphatic carbocycles. The van der Waals surface area contributed by atoms with Gasteiger partial charge in [-0.05, 0) is 49.9 Å². The quantitative estimate of drug-likeness (QED) is 0.538. The van der Waals surface area contributed by atoms with E-state index >= 15 is 0 Å². The lowest BCUT2D eigenvalue weighted by Gasteiger charge is -2.19. The van der Waals surface area contributed by atoms with Crippen molar-refractivity contribution in [3.05, 3.63) is 36.0 Å². The Bertz CT molecular complexity index is 571. The molecule has 2 saturated carbocycles. The monoisotopic (exact) mass is 360 g/mol. The molecule has 0 unspecified atom stereocenters. The number of ether oxygens (including phenoxy) is 1. The van der Waals surface area contributed by atoms with Crippen molar-refractivity contribution in [3.8, 4) is 0 Å². The topological polar surface area (TPSA) is 66.8 Å². The van der Waals surface area contributed by atoms with Crippen molar-refractivity contribution in [2.75, 3.05) is 7.11 Å². The summed E-state index contributed by atoms with van der Waals surface area (Å²) in [5.74, 6) is 1.20. The van der Waals surface area contributed by atoms with E-state index in [9.17, 15) is 15.0 Å². The summed E-state index contributed by atoms with van der Waals surface area (Å²) in [5, 5.41) is 20.8. The molecule has 0 aromatic rings. The average molecular weight is 360 g/mol. The van der Waals surface area contributed by atoms with Crippen molar-refractivity contribution in [1.29, 1.82) is 0 Å². The fourth-order valence-electron chi connectivity index (χ4n) is 4.91. The molecule has 4 nitrogen and oxygen atoms in total. The molecule has 0 saturated heterocycles. The van der Waals surface area contributed by atoms with E-state index in [1.807, 2.05) is 12.2 Å². The molecule has 0 heterocycles. The van der Waals surface area contributed by atoms with Crippen LogP contribution in [0.5, 0.6) is 0 Å². The number of aliphatic hydroxyl groups excluding tert-OH is 2. The number of hydrogen-bond donors (Lipinski definition) is 2. The Labute approximate surface area is 156 Å². The van der Waals surface area contributed by atoms with Crippen molar-refractivity contribution in [2.45, 2.75) is 63.6 Å².